The lowest BCUT2D eigenvalue weighted by atomic mass is 10.0. The first-order valence-corrected chi connectivity index (χ1v) is 9.64. The minimum Gasteiger partial charge on any atom is -0.491 e. The van der Waals surface area contributed by atoms with Crippen LogP contribution in [0.3, 0.4) is 0 Å². The van der Waals surface area contributed by atoms with Crippen molar-refractivity contribution in [3.63, 3.8) is 0 Å². The van der Waals surface area contributed by atoms with Crippen LogP contribution in [0.1, 0.15) is 41.7 Å². The molecule has 1 fully saturated rings. The van der Waals surface area contributed by atoms with Gasteiger partial charge in [-0.15, -0.1) is 0 Å². The molecule has 0 aromatic heterocycles. The van der Waals surface area contributed by atoms with E-state index in [1.807, 2.05) is 12.1 Å². The van der Waals surface area contributed by atoms with Crippen LogP contribution >= 0.6 is 0 Å². The standard InChI is InChI=1S/C22H26FNO4/c1-2-27-22(26)17-7-11-20(12-8-17)28-15-19(25)14-24-13-3-4-21(24)16-5-9-18(23)10-6-16/h5-12,19,21,25H,2-4,13-15H2,1H3/t19-,21-/m0/s1. The summed E-state index contributed by atoms with van der Waals surface area (Å²) in [5.74, 6) is -0.0192. The number of β-amino-alcohol motifs (C(OH)–C–C–N with tert-alkyl or cyclic N) is 1. The lowest BCUT2D eigenvalue weighted by Gasteiger charge is -2.27. The van der Waals surface area contributed by atoms with E-state index in [1.54, 1.807) is 31.2 Å². The van der Waals surface area contributed by atoms with E-state index in [1.165, 1.54) is 12.1 Å². The molecule has 0 spiro atoms. The predicted molar refractivity (Wildman–Crippen MR) is 104 cm³/mol. The van der Waals surface area contributed by atoms with Crippen LogP contribution in [0, 0.1) is 5.82 Å². The summed E-state index contributed by atoms with van der Waals surface area (Å²) < 4.78 is 23.8. The molecule has 28 heavy (non-hydrogen) atoms. The van der Waals surface area contributed by atoms with Gasteiger partial charge in [-0.25, -0.2) is 9.18 Å². The van der Waals surface area contributed by atoms with E-state index in [4.69, 9.17) is 9.47 Å². The van der Waals surface area contributed by atoms with Gasteiger partial charge >= 0.3 is 5.97 Å². The van der Waals surface area contributed by atoms with Crippen LogP contribution in [0.4, 0.5) is 4.39 Å². The number of aliphatic hydroxyl groups is 1. The highest BCUT2D eigenvalue weighted by atomic mass is 19.1. The molecule has 0 radical (unpaired) electrons. The third kappa shape index (κ3) is 5.30. The molecule has 2 atom stereocenters. The SMILES string of the molecule is CCOC(=O)c1ccc(OC[C@@H](O)CN2CCC[C@H]2c2ccc(F)cc2)cc1. The van der Waals surface area contributed by atoms with Crippen molar-refractivity contribution in [3.8, 4) is 5.75 Å². The van der Waals surface area contributed by atoms with Gasteiger partial charge in [-0.2, -0.15) is 0 Å². The molecule has 1 saturated heterocycles. The summed E-state index contributed by atoms with van der Waals surface area (Å²) in [6, 6.07) is 13.4. The van der Waals surface area contributed by atoms with E-state index in [0.29, 0.717) is 24.5 Å². The molecule has 2 aromatic rings. The minimum absolute atomic E-state index is 0.158. The smallest absolute Gasteiger partial charge is 0.338 e. The molecule has 0 bridgehead atoms. The second kappa shape index (κ2) is 9.66. The molecule has 1 aliphatic rings. The Bertz CT molecular complexity index is 763. The molecular weight excluding hydrogens is 361 g/mol. The average molecular weight is 387 g/mol. The maximum atomic E-state index is 13.2. The minimum atomic E-state index is -0.647. The Kier molecular flexibility index (Phi) is 7.01. The monoisotopic (exact) mass is 387 g/mol. The zero-order chi connectivity index (χ0) is 19.9. The Hall–Kier alpha value is -2.44. The first-order chi connectivity index (χ1) is 13.6. The molecule has 0 unspecified atom stereocenters. The Morgan fingerprint density at radius 1 is 1.21 bits per heavy atom. The summed E-state index contributed by atoms with van der Waals surface area (Å²) >= 11 is 0. The van der Waals surface area contributed by atoms with Gasteiger partial charge in [-0.3, -0.25) is 4.90 Å². The highest BCUT2D eigenvalue weighted by Gasteiger charge is 2.27. The van der Waals surface area contributed by atoms with E-state index in [-0.39, 0.29) is 24.4 Å². The van der Waals surface area contributed by atoms with Gasteiger partial charge in [0.15, 0.2) is 0 Å². The number of rotatable bonds is 8. The molecule has 1 N–H and O–H groups in total. The number of ether oxygens (including phenoxy) is 2. The first kappa shape index (κ1) is 20.3. The molecule has 0 aliphatic carbocycles. The Labute approximate surface area is 164 Å². The molecule has 150 valence electrons. The highest BCUT2D eigenvalue weighted by molar-refractivity contribution is 5.89. The van der Waals surface area contributed by atoms with Crippen LogP contribution in [0.25, 0.3) is 0 Å². The van der Waals surface area contributed by atoms with Crippen LogP contribution in [-0.2, 0) is 4.74 Å². The summed E-state index contributed by atoms with van der Waals surface area (Å²) in [5, 5.41) is 10.4. The third-order valence-corrected chi connectivity index (χ3v) is 4.87. The summed E-state index contributed by atoms with van der Waals surface area (Å²) in [6.45, 7) is 3.64. The van der Waals surface area contributed by atoms with E-state index in [2.05, 4.69) is 4.90 Å². The number of likely N-dealkylation sites (tertiary alicyclic amines) is 1. The van der Waals surface area contributed by atoms with Crippen molar-refractivity contribution < 1.29 is 23.8 Å². The van der Waals surface area contributed by atoms with Crippen molar-refractivity contribution >= 4 is 5.97 Å². The van der Waals surface area contributed by atoms with E-state index >= 15 is 0 Å². The van der Waals surface area contributed by atoms with Gasteiger partial charge in [-0.1, -0.05) is 12.1 Å². The highest BCUT2D eigenvalue weighted by Crippen LogP contribution is 2.32. The number of benzene rings is 2. The van der Waals surface area contributed by atoms with Crippen molar-refractivity contribution in [1.82, 2.24) is 4.90 Å². The van der Waals surface area contributed by atoms with Gasteiger partial charge < -0.3 is 14.6 Å². The number of nitrogens with zero attached hydrogens (tertiary/aromatic N) is 1. The zero-order valence-electron chi connectivity index (χ0n) is 16.0. The Morgan fingerprint density at radius 2 is 1.93 bits per heavy atom. The third-order valence-electron chi connectivity index (χ3n) is 4.87. The first-order valence-electron chi connectivity index (χ1n) is 9.64. The van der Waals surface area contributed by atoms with Crippen LogP contribution in [0.5, 0.6) is 5.75 Å². The van der Waals surface area contributed by atoms with Gasteiger partial charge in [0.05, 0.1) is 12.2 Å². The van der Waals surface area contributed by atoms with Crippen molar-refractivity contribution in [2.75, 3.05) is 26.3 Å². The van der Waals surface area contributed by atoms with Crippen molar-refractivity contribution in [3.05, 3.63) is 65.5 Å². The summed E-state index contributed by atoms with van der Waals surface area (Å²) in [4.78, 5) is 13.9. The largest absolute Gasteiger partial charge is 0.491 e. The fraction of sp³-hybridized carbons (Fsp3) is 0.409. The lowest BCUT2D eigenvalue weighted by Crippen LogP contribution is -2.35. The molecule has 3 rings (SSSR count). The van der Waals surface area contributed by atoms with Gasteiger partial charge in [0.1, 0.15) is 24.3 Å². The number of hydrogen-bond donors (Lipinski definition) is 1. The number of carbonyl (C=O) groups is 1. The molecule has 0 amide bonds. The zero-order valence-corrected chi connectivity index (χ0v) is 16.0. The van der Waals surface area contributed by atoms with Crippen LogP contribution in [0.15, 0.2) is 48.5 Å². The molecule has 5 nitrogen and oxygen atoms in total. The number of esters is 1. The van der Waals surface area contributed by atoms with E-state index < -0.39 is 6.10 Å². The van der Waals surface area contributed by atoms with Gasteiger partial charge in [-0.05, 0) is 68.3 Å². The molecule has 1 aliphatic heterocycles. The average Bonchev–Trinajstić information content (AvgIpc) is 3.15. The Morgan fingerprint density at radius 3 is 2.61 bits per heavy atom. The normalized spacial score (nSPS) is 18.0. The van der Waals surface area contributed by atoms with Gasteiger partial charge in [0.2, 0.25) is 0 Å². The fourth-order valence-electron chi connectivity index (χ4n) is 3.52. The number of hydrogen-bond acceptors (Lipinski definition) is 5. The summed E-state index contributed by atoms with van der Waals surface area (Å²) in [7, 11) is 0. The second-order valence-corrected chi connectivity index (χ2v) is 6.91. The number of halogens is 1. The lowest BCUT2D eigenvalue weighted by molar-refractivity contribution is 0.0525. The summed E-state index contributed by atoms with van der Waals surface area (Å²) in [5.41, 5.74) is 1.54. The van der Waals surface area contributed by atoms with Crippen molar-refractivity contribution in [2.24, 2.45) is 0 Å². The predicted octanol–water partition coefficient (Wildman–Crippen LogP) is 3.58. The molecular formula is C22H26FNO4. The Balaban J connectivity index is 1.50. The topological polar surface area (TPSA) is 59.0 Å². The van der Waals surface area contributed by atoms with Crippen LogP contribution in [0.2, 0.25) is 0 Å². The van der Waals surface area contributed by atoms with Crippen molar-refractivity contribution in [1.29, 1.82) is 0 Å². The second-order valence-electron chi connectivity index (χ2n) is 6.91. The quantitative estimate of drug-likeness (QED) is 0.702. The van der Waals surface area contributed by atoms with Gasteiger partial charge in [0, 0.05) is 12.6 Å². The van der Waals surface area contributed by atoms with Crippen molar-refractivity contribution in [2.45, 2.75) is 31.9 Å². The number of aliphatic hydroxyl groups excluding tert-OH is 1. The molecule has 0 saturated carbocycles. The molecule has 6 heteroatoms. The van der Waals surface area contributed by atoms with Crippen LogP contribution < -0.4 is 4.74 Å². The number of carbonyl (C=O) groups excluding carboxylic acids is 1. The maximum absolute atomic E-state index is 13.2. The van der Waals surface area contributed by atoms with E-state index in [9.17, 15) is 14.3 Å². The van der Waals surface area contributed by atoms with Gasteiger partial charge in [0.25, 0.3) is 0 Å². The maximum Gasteiger partial charge on any atom is 0.338 e. The summed E-state index contributed by atoms with van der Waals surface area (Å²) in [6.07, 6.45) is 1.39. The van der Waals surface area contributed by atoms with E-state index in [0.717, 1.165) is 24.9 Å². The molecule has 1 heterocycles. The fourth-order valence-corrected chi connectivity index (χ4v) is 3.52. The van der Waals surface area contributed by atoms with Crippen LogP contribution in [-0.4, -0.2) is 48.4 Å². The molecule has 2 aromatic carbocycles.